The molecule has 5 nitrogen and oxygen atoms in total. The number of nitrogens with two attached hydrogens (primary N) is 1. The molecule has 1 unspecified atom stereocenters. The third-order valence-corrected chi connectivity index (χ3v) is 2.91. The summed E-state index contributed by atoms with van der Waals surface area (Å²) < 4.78 is 14.9. The predicted octanol–water partition coefficient (Wildman–Crippen LogP) is 1.69. The van der Waals surface area contributed by atoms with Gasteiger partial charge >= 0.3 is 0 Å². The van der Waals surface area contributed by atoms with Crippen molar-refractivity contribution in [2.45, 2.75) is 32.4 Å². The number of hydrogen-bond acceptors (Lipinski definition) is 4. The van der Waals surface area contributed by atoms with Crippen molar-refractivity contribution in [2.24, 2.45) is 0 Å². The average Bonchev–Trinajstić information content (AvgIpc) is 2.80. The molecule has 1 heterocycles. The number of benzene rings is 1. The van der Waals surface area contributed by atoms with Crippen molar-refractivity contribution in [3.05, 3.63) is 41.7 Å². The Morgan fingerprint density at radius 1 is 1.47 bits per heavy atom. The molecule has 0 aliphatic heterocycles. The van der Waals surface area contributed by atoms with E-state index in [4.69, 9.17) is 5.73 Å². The summed E-state index contributed by atoms with van der Waals surface area (Å²) in [6.45, 7) is 2.77. The van der Waals surface area contributed by atoms with E-state index in [0.29, 0.717) is 17.1 Å². The molecule has 1 aromatic carbocycles. The molecule has 0 fully saturated rings. The smallest absolute Gasteiger partial charge is 0.138 e. The van der Waals surface area contributed by atoms with Crippen LogP contribution in [0.15, 0.2) is 24.5 Å². The second-order valence-corrected chi connectivity index (χ2v) is 4.39. The van der Waals surface area contributed by atoms with Crippen molar-refractivity contribution in [3.63, 3.8) is 0 Å². The Labute approximate surface area is 110 Å². The van der Waals surface area contributed by atoms with Crippen LogP contribution in [0.4, 0.5) is 10.1 Å². The number of anilines is 1. The summed E-state index contributed by atoms with van der Waals surface area (Å²) in [7, 11) is 0. The zero-order valence-corrected chi connectivity index (χ0v) is 10.8. The van der Waals surface area contributed by atoms with E-state index in [-0.39, 0.29) is 6.42 Å². The van der Waals surface area contributed by atoms with Crippen LogP contribution in [0.3, 0.4) is 0 Å². The summed E-state index contributed by atoms with van der Waals surface area (Å²) >= 11 is 0. The third-order valence-electron chi connectivity index (χ3n) is 2.91. The highest BCUT2D eigenvalue weighted by molar-refractivity contribution is 5.48. The monoisotopic (exact) mass is 264 g/mol. The second-order valence-electron chi connectivity index (χ2n) is 4.39. The van der Waals surface area contributed by atoms with Crippen molar-refractivity contribution in [3.8, 4) is 0 Å². The Morgan fingerprint density at radius 3 is 3.00 bits per heavy atom. The van der Waals surface area contributed by atoms with E-state index >= 15 is 0 Å². The zero-order chi connectivity index (χ0) is 13.8. The quantitative estimate of drug-likeness (QED) is 0.806. The third kappa shape index (κ3) is 3.08. The lowest BCUT2D eigenvalue weighted by Gasteiger charge is -2.13. The fourth-order valence-electron chi connectivity index (χ4n) is 1.96. The maximum absolute atomic E-state index is 13.2. The number of aromatic nitrogens is 3. The summed E-state index contributed by atoms with van der Waals surface area (Å²) in [5.74, 6) is 0.247. The van der Waals surface area contributed by atoms with Crippen molar-refractivity contribution in [1.82, 2.24) is 14.8 Å². The van der Waals surface area contributed by atoms with Crippen LogP contribution in [0.25, 0.3) is 0 Å². The summed E-state index contributed by atoms with van der Waals surface area (Å²) in [5.41, 5.74) is 6.50. The first kappa shape index (κ1) is 13.5. The summed E-state index contributed by atoms with van der Waals surface area (Å²) in [6.07, 6.45) is 1.74. The van der Waals surface area contributed by atoms with Gasteiger partial charge in [-0.3, -0.25) is 4.68 Å². The van der Waals surface area contributed by atoms with Gasteiger partial charge in [-0.2, -0.15) is 5.10 Å². The number of aryl methyl sites for hydroxylation is 1. The van der Waals surface area contributed by atoms with Gasteiger partial charge in [-0.15, -0.1) is 0 Å². The van der Waals surface area contributed by atoms with Crippen molar-refractivity contribution in [1.29, 1.82) is 0 Å². The number of hydrogen-bond donors (Lipinski definition) is 2. The molecule has 19 heavy (non-hydrogen) atoms. The Bertz CT molecular complexity index is 555. The van der Waals surface area contributed by atoms with Gasteiger partial charge in [0.2, 0.25) is 0 Å². The molecule has 0 aliphatic carbocycles. The maximum atomic E-state index is 13.2. The lowest BCUT2D eigenvalue weighted by molar-refractivity contribution is 0.174. The van der Waals surface area contributed by atoms with Gasteiger partial charge in [0, 0.05) is 24.2 Å². The largest absolute Gasteiger partial charge is 0.398 e. The molecule has 6 heteroatoms. The molecule has 102 valence electrons. The number of aliphatic hydroxyl groups is 1. The minimum absolute atomic E-state index is 0.258. The number of aliphatic hydroxyl groups excluding tert-OH is 1. The van der Waals surface area contributed by atoms with E-state index in [1.807, 2.05) is 6.92 Å². The molecule has 0 spiro atoms. The number of halogens is 1. The van der Waals surface area contributed by atoms with Crippen molar-refractivity contribution in [2.75, 3.05) is 5.73 Å². The molecule has 3 N–H and O–H groups in total. The van der Waals surface area contributed by atoms with Crippen LogP contribution in [0, 0.1) is 5.82 Å². The fraction of sp³-hybridized carbons (Fsp3) is 0.385. The molecule has 2 rings (SSSR count). The highest BCUT2D eigenvalue weighted by Crippen LogP contribution is 2.24. The highest BCUT2D eigenvalue weighted by Gasteiger charge is 2.16. The molecule has 0 aliphatic rings. The Kier molecular flexibility index (Phi) is 4.11. The van der Waals surface area contributed by atoms with Crippen LogP contribution < -0.4 is 5.73 Å². The van der Waals surface area contributed by atoms with Crippen LogP contribution in [0.1, 0.15) is 30.8 Å². The van der Waals surface area contributed by atoms with Gasteiger partial charge in [0.1, 0.15) is 18.0 Å². The van der Waals surface area contributed by atoms with Crippen molar-refractivity contribution < 1.29 is 9.50 Å². The second kappa shape index (κ2) is 5.79. The number of nitrogen functional groups attached to an aromatic ring is 1. The van der Waals surface area contributed by atoms with Gasteiger partial charge in [0.15, 0.2) is 0 Å². The first-order chi connectivity index (χ1) is 9.11. The minimum Gasteiger partial charge on any atom is -0.398 e. The van der Waals surface area contributed by atoms with Crippen LogP contribution in [0.2, 0.25) is 0 Å². The topological polar surface area (TPSA) is 77.0 Å². The van der Waals surface area contributed by atoms with E-state index in [0.717, 1.165) is 13.0 Å². The van der Waals surface area contributed by atoms with E-state index in [2.05, 4.69) is 10.1 Å². The molecule has 0 amide bonds. The minimum atomic E-state index is -0.893. The summed E-state index contributed by atoms with van der Waals surface area (Å²) in [6, 6.07) is 3.97. The lowest BCUT2D eigenvalue weighted by atomic mass is 10.0. The first-order valence-electron chi connectivity index (χ1n) is 6.21. The standard InChI is InChI=1S/C13H17FN4O/c1-2-5-18-13(16-8-17-18)7-12(19)10-6-9(14)3-4-11(10)15/h3-4,6,8,12,19H,2,5,7,15H2,1H3. The molecule has 0 radical (unpaired) electrons. The lowest BCUT2D eigenvalue weighted by Crippen LogP contribution is -2.12. The molecule has 0 bridgehead atoms. The SMILES string of the molecule is CCCn1ncnc1CC(O)c1cc(F)ccc1N. The molecular weight excluding hydrogens is 247 g/mol. The van der Waals surface area contributed by atoms with Crippen LogP contribution in [-0.4, -0.2) is 19.9 Å². The first-order valence-corrected chi connectivity index (χ1v) is 6.21. The number of nitrogens with zero attached hydrogens (tertiary/aromatic N) is 3. The van der Waals surface area contributed by atoms with E-state index in [1.54, 1.807) is 4.68 Å². The van der Waals surface area contributed by atoms with Crippen LogP contribution in [0.5, 0.6) is 0 Å². The van der Waals surface area contributed by atoms with Gasteiger partial charge in [-0.25, -0.2) is 9.37 Å². The Hall–Kier alpha value is -1.95. The Morgan fingerprint density at radius 2 is 2.26 bits per heavy atom. The highest BCUT2D eigenvalue weighted by atomic mass is 19.1. The predicted molar refractivity (Wildman–Crippen MR) is 69.8 cm³/mol. The fourth-order valence-corrected chi connectivity index (χ4v) is 1.96. The molecule has 0 saturated carbocycles. The maximum Gasteiger partial charge on any atom is 0.138 e. The van der Waals surface area contributed by atoms with Gasteiger partial charge < -0.3 is 10.8 Å². The van der Waals surface area contributed by atoms with E-state index in [1.165, 1.54) is 24.5 Å². The van der Waals surface area contributed by atoms with E-state index < -0.39 is 11.9 Å². The molecular formula is C13H17FN4O. The Balaban J connectivity index is 2.18. The zero-order valence-electron chi connectivity index (χ0n) is 10.8. The van der Waals surface area contributed by atoms with Gasteiger partial charge in [-0.05, 0) is 24.6 Å². The molecule has 2 aromatic rings. The van der Waals surface area contributed by atoms with Crippen LogP contribution >= 0.6 is 0 Å². The van der Waals surface area contributed by atoms with Crippen LogP contribution in [-0.2, 0) is 13.0 Å². The molecule has 1 aromatic heterocycles. The molecule has 1 atom stereocenters. The van der Waals surface area contributed by atoms with Crippen molar-refractivity contribution >= 4 is 5.69 Å². The molecule has 0 saturated heterocycles. The summed E-state index contributed by atoms with van der Waals surface area (Å²) in [5, 5.41) is 14.2. The average molecular weight is 264 g/mol. The summed E-state index contributed by atoms with van der Waals surface area (Å²) in [4.78, 5) is 4.11. The van der Waals surface area contributed by atoms with E-state index in [9.17, 15) is 9.50 Å². The number of rotatable bonds is 5. The van der Waals surface area contributed by atoms with Gasteiger partial charge in [0.25, 0.3) is 0 Å². The normalized spacial score (nSPS) is 12.6. The van der Waals surface area contributed by atoms with Gasteiger partial charge in [-0.1, -0.05) is 6.92 Å². The van der Waals surface area contributed by atoms with Gasteiger partial charge in [0.05, 0.1) is 6.10 Å².